The smallest absolute Gasteiger partial charge is 0.226 e. The van der Waals surface area contributed by atoms with Crippen LogP contribution in [0, 0.1) is 12.3 Å². The zero-order chi connectivity index (χ0) is 20.3. The van der Waals surface area contributed by atoms with Gasteiger partial charge in [-0.05, 0) is 37.5 Å². The Bertz CT molecular complexity index is 853. The molecular weight excluding hydrogens is 390 g/mol. The summed E-state index contributed by atoms with van der Waals surface area (Å²) in [5, 5.41) is 12.5. The topological polar surface area (TPSA) is 110 Å². The number of nitrogens with zero attached hydrogens (tertiary/aromatic N) is 3. The largest absolute Gasteiger partial charge is 0.343 e. The van der Waals surface area contributed by atoms with Gasteiger partial charge in [-0.2, -0.15) is 4.98 Å². The monoisotopic (exact) mass is 417 g/mol. The fourth-order valence-corrected chi connectivity index (χ4v) is 5.13. The van der Waals surface area contributed by atoms with Crippen molar-refractivity contribution in [2.75, 3.05) is 5.32 Å². The summed E-state index contributed by atoms with van der Waals surface area (Å²) < 4.78 is 5.13. The average molecular weight is 418 g/mol. The van der Waals surface area contributed by atoms with Gasteiger partial charge < -0.3 is 15.2 Å². The number of hydrogen-bond acceptors (Lipinski definition) is 7. The van der Waals surface area contributed by atoms with E-state index in [0.717, 1.165) is 51.4 Å². The van der Waals surface area contributed by atoms with Gasteiger partial charge in [0.15, 0.2) is 11.0 Å². The van der Waals surface area contributed by atoms with Crippen LogP contribution >= 0.6 is 11.3 Å². The Morgan fingerprint density at radius 2 is 1.86 bits per heavy atom. The van der Waals surface area contributed by atoms with Gasteiger partial charge in [0.2, 0.25) is 17.7 Å². The molecule has 2 aliphatic carbocycles. The van der Waals surface area contributed by atoms with Crippen molar-refractivity contribution in [2.45, 2.75) is 76.7 Å². The first kappa shape index (κ1) is 20.0. The molecular formula is C20H27N5O3S. The predicted molar refractivity (Wildman–Crippen MR) is 108 cm³/mol. The molecule has 2 aliphatic rings. The summed E-state index contributed by atoms with van der Waals surface area (Å²) in [6.07, 6.45) is 10.0. The first-order valence-corrected chi connectivity index (χ1v) is 11.2. The predicted octanol–water partition coefficient (Wildman–Crippen LogP) is 3.70. The minimum atomic E-state index is -0.520. The third-order valence-corrected chi connectivity index (χ3v) is 6.89. The number of nitrogens with one attached hydrogen (secondary N) is 2. The molecule has 0 bridgehead atoms. The third kappa shape index (κ3) is 4.49. The molecule has 8 nitrogen and oxygen atoms in total. The minimum Gasteiger partial charge on any atom is -0.343 e. The van der Waals surface area contributed by atoms with Crippen molar-refractivity contribution in [2.24, 2.45) is 5.41 Å². The molecule has 2 saturated carbocycles. The van der Waals surface area contributed by atoms with Crippen molar-refractivity contribution in [3.8, 4) is 0 Å². The Balaban J connectivity index is 1.43. The van der Waals surface area contributed by atoms with Crippen LogP contribution in [-0.2, 0) is 15.1 Å². The molecule has 0 aliphatic heterocycles. The molecule has 0 radical (unpaired) electrons. The van der Waals surface area contributed by atoms with Crippen LogP contribution in [0.25, 0.3) is 0 Å². The molecule has 0 aromatic carbocycles. The molecule has 156 valence electrons. The molecule has 4 rings (SSSR count). The Labute approximate surface area is 173 Å². The number of thiazole rings is 1. The molecule has 2 aromatic rings. The summed E-state index contributed by atoms with van der Waals surface area (Å²) in [4.78, 5) is 34.2. The molecule has 0 spiro atoms. The van der Waals surface area contributed by atoms with Gasteiger partial charge in [-0.25, -0.2) is 4.98 Å². The van der Waals surface area contributed by atoms with Crippen molar-refractivity contribution in [3.63, 3.8) is 0 Å². The quantitative estimate of drug-likeness (QED) is 0.711. The van der Waals surface area contributed by atoms with Gasteiger partial charge in [0.25, 0.3) is 0 Å². The van der Waals surface area contributed by atoms with Gasteiger partial charge in [0, 0.05) is 31.3 Å². The first-order chi connectivity index (χ1) is 14.0. The molecule has 2 amide bonds. The fraction of sp³-hybridized carbons (Fsp3) is 0.650. The van der Waals surface area contributed by atoms with Crippen LogP contribution in [0.2, 0.25) is 0 Å². The van der Waals surface area contributed by atoms with E-state index in [1.807, 2.05) is 5.38 Å². The highest BCUT2D eigenvalue weighted by molar-refractivity contribution is 7.13. The number of anilines is 1. The Kier molecular flexibility index (Phi) is 5.67. The van der Waals surface area contributed by atoms with E-state index in [2.05, 4.69) is 25.8 Å². The molecule has 9 heteroatoms. The van der Waals surface area contributed by atoms with Gasteiger partial charge >= 0.3 is 0 Å². The maximum Gasteiger partial charge on any atom is 0.226 e. The second-order valence-electron chi connectivity index (χ2n) is 8.42. The number of aromatic nitrogens is 3. The Morgan fingerprint density at radius 3 is 2.45 bits per heavy atom. The highest BCUT2D eigenvalue weighted by Crippen LogP contribution is 2.44. The molecule has 0 unspecified atom stereocenters. The molecule has 0 atom stereocenters. The van der Waals surface area contributed by atoms with Gasteiger partial charge in [-0.1, -0.05) is 24.4 Å². The normalized spacial score (nSPS) is 19.9. The number of hydrogen-bond donors (Lipinski definition) is 2. The van der Waals surface area contributed by atoms with Crippen molar-refractivity contribution in [1.82, 2.24) is 20.4 Å². The van der Waals surface area contributed by atoms with Crippen molar-refractivity contribution >= 4 is 28.3 Å². The number of aryl methyl sites for hydroxylation is 1. The summed E-state index contributed by atoms with van der Waals surface area (Å²) in [5.74, 6) is 0.967. The molecule has 2 fully saturated rings. The lowest BCUT2D eigenvalue weighted by atomic mass is 9.68. The number of carbonyl (C=O) groups excluding carboxylic acids is 2. The SMILES string of the molecule is Cc1nc(C2(NC(=O)CC3(CC(=O)Nc4nccs4)CCCCC3)CCC2)no1. The third-order valence-electron chi connectivity index (χ3n) is 6.21. The first-order valence-electron chi connectivity index (χ1n) is 10.3. The second kappa shape index (κ2) is 8.22. The average Bonchev–Trinajstić information content (AvgIpc) is 3.30. The summed E-state index contributed by atoms with van der Waals surface area (Å²) in [6.45, 7) is 1.75. The maximum absolute atomic E-state index is 13.1. The van der Waals surface area contributed by atoms with E-state index in [1.165, 1.54) is 11.3 Å². The van der Waals surface area contributed by atoms with Crippen LogP contribution in [0.1, 0.15) is 75.9 Å². The van der Waals surface area contributed by atoms with Crippen LogP contribution < -0.4 is 10.6 Å². The Hall–Kier alpha value is -2.29. The lowest BCUT2D eigenvalue weighted by Gasteiger charge is -2.42. The van der Waals surface area contributed by atoms with Crippen molar-refractivity contribution < 1.29 is 14.1 Å². The van der Waals surface area contributed by atoms with Gasteiger partial charge in [0.05, 0.1) is 0 Å². The van der Waals surface area contributed by atoms with Gasteiger partial charge in [-0.15, -0.1) is 11.3 Å². The summed E-state index contributed by atoms with van der Waals surface area (Å²) >= 11 is 1.40. The van der Waals surface area contributed by atoms with Gasteiger partial charge in [0.1, 0.15) is 5.54 Å². The zero-order valence-electron chi connectivity index (χ0n) is 16.7. The van der Waals surface area contributed by atoms with Crippen molar-refractivity contribution in [1.29, 1.82) is 0 Å². The summed E-state index contributed by atoms with van der Waals surface area (Å²) in [5.41, 5.74) is -0.824. The molecule has 29 heavy (non-hydrogen) atoms. The molecule has 0 saturated heterocycles. The van der Waals surface area contributed by atoms with E-state index < -0.39 is 5.54 Å². The van der Waals surface area contributed by atoms with E-state index in [9.17, 15) is 9.59 Å². The van der Waals surface area contributed by atoms with Crippen LogP contribution in [0.4, 0.5) is 5.13 Å². The van der Waals surface area contributed by atoms with Crippen LogP contribution in [0.5, 0.6) is 0 Å². The van der Waals surface area contributed by atoms with Gasteiger partial charge in [-0.3, -0.25) is 9.59 Å². The minimum absolute atomic E-state index is 0.0314. The highest BCUT2D eigenvalue weighted by atomic mass is 32.1. The van der Waals surface area contributed by atoms with Crippen LogP contribution in [0.3, 0.4) is 0 Å². The van der Waals surface area contributed by atoms with E-state index in [1.54, 1.807) is 13.1 Å². The molecule has 2 aromatic heterocycles. The fourth-order valence-electron chi connectivity index (χ4n) is 4.59. The van der Waals surface area contributed by atoms with E-state index >= 15 is 0 Å². The summed E-state index contributed by atoms with van der Waals surface area (Å²) in [6, 6.07) is 0. The molecule has 2 heterocycles. The van der Waals surface area contributed by atoms with Crippen LogP contribution in [0.15, 0.2) is 16.1 Å². The Morgan fingerprint density at radius 1 is 1.10 bits per heavy atom. The number of rotatable bonds is 7. The second-order valence-corrected chi connectivity index (χ2v) is 9.32. The van der Waals surface area contributed by atoms with E-state index in [4.69, 9.17) is 4.52 Å². The van der Waals surface area contributed by atoms with Crippen LogP contribution in [-0.4, -0.2) is 26.9 Å². The summed E-state index contributed by atoms with van der Waals surface area (Å²) in [7, 11) is 0. The zero-order valence-corrected chi connectivity index (χ0v) is 17.5. The van der Waals surface area contributed by atoms with E-state index in [0.29, 0.717) is 29.7 Å². The number of amides is 2. The maximum atomic E-state index is 13.1. The molecule has 2 N–H and O–H groups in total. The number of carbonyl (C=O) groups is 2. The van der Waals surface area contributed by atoms with Crippen molar-refractivity contribution in [3.05, 3.63) is 23.3 Å². The highest BCUT2D eigenvalue weighted by Gasteiger charge is 2.45. The standard InChI is InChI=1S/C20H27N5O3S/c1-14-22-17(25-28-14)20(8-5-9-20)24-16(27)13-19(6-3-2-4-7-19)12-15(26)23-18-21-10-11-29-18/h10-11H,2-9,12-13H2,1H3,(H,24,27)(H,21,23,26). The lowest BCUT2D eigenvalue weighted by Crippen LogP contribution is -2.52. The van der Waals surface area contributed by atoms with E-state index in [-0.39, 0.29) is 17.2 Å². The lowest BCUT2D eigenvalue weighted by molar-refractivity contribution is -0.128.